The van der Waals surface area contributed by atoms with Crippen LogP contribution in [-0.4, -0.2) is 40.8 Å². The van der Waals surface area contributed by atoms with Crippen molar-refractivity contribution in [2.24, 2.45) is 23.7 Å². The van der Waals surface area contributed by atoms with Crippen LogP contribution >= 0.6 is 43.5 Å². The van der Waals surface area contributed by atoms with Gasteiger partial charge in [-0.05, 0) is 98.1 Å². The average molecular weight is 862 g/mol. The molecule has 6 unspecified atom stereocenters. The van der Waals surface area contributed by atoms with E-state index in [4.69, 9.17) is 16.3 Å². The van der Waals surface area contributed by atoms with Gasteiger partial charge in [0, 0.05) is 27.5 Å². The van der Waals surface area contributed by atoms with Gasteiger partial charge in [0.2, 0.25) is 23.6 Å². The third kappa shape index (κ3) is 5.04. The molecule has 6 atom stereocenters. The SMILES string of the molecule is COc1cc(C2C3=CCC4C(=O)N(c5ccc([N+](=O)[O-])cc5)C(=O)C4C3CC3C(=O)N(c4cccc(Cl)c4)C(=O)C32c2ccccc2)c(Br)c(Br)c1O. The Morgan fingerprint density at radius 1 is 0.868 bits per heavy atom. The summed E-state index contributed by atoms with van der Waals surface area (Å²) in [7, 11) is 1.41. The van der Waals surface area contributed by atoms with Gasteiger partial charge in [0.05, 0.1) is 51.0 Å². The van der Waals surface area contributed by atoms with E-state index in [2.05, 4.69) is 31.9 Å². The summed E-state index contributed by atoms with van der Waals surface area (Å²) in [4.78, 5) is 72.1. The van der Waals surface area contributed by atoms with Crippen molar-refractivity contribution in [3.05, 3.63) is 132 Å². The zero-order valence-electron chi connectivity index (χ0n) is 27.7. The number of imide groups is 2. The summed E-state index contributed by atoms with van der Waals surface area (Å²) >= 11 is 13.6. The average Bonchev–Trinajstić information content (AvgIpc) is 3.55. The lowest BCUT2D eigenvalue weighted by molar-refractivity contribution is -0.384. The minimum atomic E-state index is -1.55. The van der Waals surface area contributed by atoms with Gasteiger partial charge in [-0.3, -0.25) is 34.2 Å². The van der Waals surface area contributed by atoms with E-state index >= 15 is 4.79 Å². The van der Waals surface area contributed by atoms with E-state index in [1.807, 2.05) is 24.3 Å². The number of phenols is 1. The maximum atomic E-state index is 15.5. The zero-order valence-corrected chi connectivity index (χ0v) is 31.7. The Morgan fingerprint density at radius 3 is 2.25 bits per heavy atom. The van der Waals surface area contributed by atoms with E-state index < -0.39 is 63.6 Å². The minimum Gasteiger partial charge on any atom is -0.503 e. The number of rotatable bonds is 6. The van der Waals surface area contributed by atoms with E-state index in [1.165, 1.54) is 36.3 Å². The van der Waals surface area contributed by atoms with Crippen LogP contribution in [0.4, 0.5) is 17.1 Å². The first kappa shape index (κ1) is 35.2. The van der Waals surface area contributed by atoms with Gasteiger partial charge in [-0.1, -0.05) is 59.6 Å². The second-order valence-corrected chi connectivity index (χ2v) is 15.5. The lowest BCUT2D eigenvalue weighted by Crippen LogP contribution is -2.53. The van der Waals surface area contributed by atoms with E-state index in [1.54, 1.807) is 42.5 Å². The van der Waals surface area contributed by atoms with Crippen LogP contribution in [0.1, 0.15) is 29.9 Å². The Bertz CT molecular complexity index is 2300. The molecule has 0 radical (unpaired) electrons. The number of hydrogen-bond acceptors (Lipinski definition) is 8. The summed E-state index contributed by atoms with van der Waals surface area (Å²) in [5.41, 5.74) is 0.573. The first-order valence-electron chi connectivity index (χ1n) is 16.7. The summed E-state index contributed by atoms with van der Waals surface area (Å²) in [5, 5.41) is 22.7. The number of ether oxygens (including phenoxy) is 1. The smallest absolute Gasteiger partial charge is 0.269 e. The second-order valence-electron chi connectivity index (χ2n) is 13.5. The van der Waals surface area contributed by atoms with Crippen molar-refractivity contribution in [1.29, 1.82) is 0 Å². The van der Waals surface area contributed by atoms with Crippen molar-refractivity contribution in [3.8, 4) is 11.5 Å². The summed E-state index contributed by atoms with van der Waals surface area (Å²) in [6.07, 6.45) is 2.16. The first-order chi connectivity index (χ1) is 25.4. The van der Waals surface area contributed by atoms with Crippen molar-refractivity contribution in [3.63, 3.8) is 0 Å². The highest BCUT2D eigenvalue weighted by Gasteiger charge is 2.70. The first-order valence-corrected chi connectivity index (χ1v) is 18.6. The number of nitrogens with zero attached hydrogens (tertiary/aromatic N) is 3. The summed E-state index contributed by atoms with van der Waals surface area (Å²) in [5.74, 6) is -6.17. The van der Waals surface area contributed by atoms with Crippen LogP contribution in [0.25, 0.3) is 0 Å². The highest BCUT2D eigenvalue weighted by Crippen LogP contribution is 2.66. The fourth-order valence-electron chi connectivity index (χ4n) is 9.04. The molecule has 0 aromatic heterocycles. The van der Waals surface area contributed by atoms with E-state index in [-0.39, 0.29) is 40.2 Å². The normalized spacial score (nSPS) is 26.3. The Hall–Kier alpha value is -4.85. The molecule has 2 aliphatic carbocycles. The Morgan fingerprint density at radius 2 is 1.58 bits per heavy atom. The lowest BCUT2D eigenvalue weighted by Gasteiger charge is -2.51. The molecular weight excluding hydrogens is 834 g/mol. The number of benzene rings is 4. The Labute approximate surface area is 324 Å². The van der Waals surface area contributed by atoms with Crippen LogP contribution in [0.5, 0.6) is 11.5 Å². The molecule has 1 saturated carbocycles. The molecule has 8 rings (SSSR count). The highest BCUT2D eigenvalue weighted by atomic mass is 79.9. The fraction of sp³-hybridized carbons (Fsp3) is 0.231. The topological polar surface area (TPSA) is 147 Å². The molecule has 14 heteroatoms. The number of amides is 4. The molecule has 4 amide bonds. The van der Waals surface area contributed by atoms with Gasteiger partial charge in [-0.15, -0.1) is 0 Å². The second kappa shape index (κ2) is 12.9. The monoisotopic (exact) mass is 859 g/mol. The highest BCUT2D eigenvalue weighted by molar-refractivity contribution is 9.13. The number of carbonyl (C=O) groups is 4. The summed E-state index contributed by atoms with van der Waals surface area (Å²) in [6, 6.07) is 22.5. The summed E-state index contributed by atoms with van der Waals surface area (Å²) in [6.45, 7) is 0. The van der Waals surface area contributed by atoms with Gasteiger partial charge in [-0.2, -0.15) is 0 Å². The molecule has 3 fully saturated rings. The van der Waals surface area contributed by atoms with E-state index in [0.717, 1.165) is 4.90 Å². The van der Waals surface area contributed by atoms with Gasteiger partial charge >= 0.3 is 0 Å². The number of nitro groups is 1. The van der Waals surface area contributed by atoms with E-state index in [9.17, 15) is 29.6 Å². The van der Waals surface area contributed by atoms with Crippen LogP contribution in [0.15, 0.2) is 106 Å². The number of carbonyl (C=O) groups excluding carboxylic acids is 4. The number of nitro benzene ring substituents is 1. The summed E-state index contributed by atoms with van der Waals surface area (Å²) < 4.78 is 6.28. The number of allylic oxidation sites excluding steroid dienone is 2. The molecule has 53 heavy (non-hydrogen) atoms. The fourth-order valence-corrected chi connectivity index (χ4v) is 10.2. The molecule has 2 aliphatic heterocycles. The van der Waals surface area contributed by atoms with Crippen LogP contribution in [0.2, 0.25) is 5.02 Å². The third-order valence-corrected chi connectivity index (χ3v) is 13.6. The van der Waals surface area contributed by atoms with Crippen molar-refractivity contribution in [2.45, 2.75) is 24.2 Å². The minimum absolute atomic E-state index is 0.0706. The maximum absolute atomic E-state index is 15.5. The van der Waals surface area contributed by atoms with Gasteiger partial charge in [-0.25, -0.2) is 4.90 Å². The van der Waals surface area contributed by atoms with Crippen molar-refractivity contribution < 1.29 is 33.9 Å². The number of fused-ring (bicyclic) bond motifs is 4. The molecule has 0 bridgehead atoms. The van der Waals surface area contributed by atoms with Crippen LogP contribution in [-0.2, 0) is 24.6 Å². The predicted octanol–water partition coefficient (Wildman–Crippen LogP) is 7.85. The molecule has 268 valence electrons. The number of hydrogen-bond donors (Lipinski definition) is 1. The van der Waals surface area contributed by atoms with E-state index in [0.29, 0.717) is 31.9 Å². The third-order valence-electron chi connectivity index (χ3n) is 11.2. The zero-order chi connectivity index (χ0) is 37.5. The molecule has 4 aromatic rings. The molecule has 0 spiro atoms. The van der Waals surface area contributed by atoms with Crippen molar-refractivity contribution in [1.82, 2.24) is 0 Å². The molecule has 11 nitrogen and oxygen atoms in total. The molecule has 4 aromatic carbocycles. The molecule has 4 aliphatic rings. The number of anilines is 2. The number of aromatic hydroxyl groups is 1. The number of methoxy groups -OCH3 is 1. The molecule has 1 N–H and O–H groups in total. The predicted molar refractivity (Wildman–Crippen MR) is 202 cm³/mol. The Kier molecular flexibility index (Phi) is 8.58. The largest absolute Gasteiger partial charge is 0.503 e. The van der Waals surface area contributed by atoms with Gasteiger partial charge in [0.25, 0.3) is 5.69 Å². The van der Waals surface area contributed by atoms with Crippen LogP contribution in [0.3, 0.4) is 0 Å². The van der Waals surface area contributed by atoms with Gasteiger partial charge in [0.1, 0.15) is 0 Å². The lowest BCUT2D eigenvalue weighted by atomic mass is 9.49. The molecule has 2 saturated heterocycles. The number of phenolic OH excluding ortho intramolecular Hbond substituents is 1. The standard InChI is InChI=1S/C39H28Br2ClN3O8/c1-53-29-18-27(32(40)33(41)34(29)46)31-24-14-15-25-30(37(49)43(35(25)47)21-10-12-22(13-11-21)45(51)52)26(24)17-28-36(48)44(23-9-5-8-20(42)16-23)38(50)39(28,31)19-6-3-2-4-7-19/h2-14,16,18,25-26,28,30-31,46H,15,17H2,1H3. The number of halogens is 3. The molecular formula is C39H28Br2ClN3O8. The maximum Gasteiger partial charge on any atom is 0.269 e. The van der Waals surface area contributed by atoms with Crippen molar-refractivity contribution in [2.75, 3.05) is 16.9 Å². The Balaban J connectivity index is 1.37. The van der Waals surface area contributed by atoms with Gasteiger partial charge < -0.3 is 9.84 Å². The molecule has 2 heterocycles. The number of non-ortho nitro benzene ring substituents is 1. The van der Waals surface area contributed by atoms with Gasteiger partial charge in [0.15, 0.2) is 11.5 Å². The quantitative estimate of drug-likeness (QED) is 0.0893. The van der Waals surface area contributed by atoms with Crippen LogP contribution < -0.4 is 14.5 Å². The van der Waals surface area contributed by atoms with Crippen LogP contribution in [0, 0.1) is 33.8 Å². The van der Waals surface area contributed by atoms with Crippen molar-refractivity contribution >= 4 is 84.2 Å².